The fourth-order valence-electron chi connectivity index (χ4n) is 3.15. The van der Waals surface area contributed by atoms with Gasteiger partial charge >= 0.3 is 0 Å². The van der Waals surface area contributed by atoms with Crippen LogP contribution in [0.25, 0.3) is 0 Å². The predicted molar refractivity (Wildman–Crippen MR) is 94.2 cm³/mol. The number of para-hydroxylation sites is 1. The molecule has 2 aromatic carbocycles. The maximum absolute atomic E-state index is 11.9. The second-order valence-electron chi connectivity index (χ2n) is 6.08. The Hall–Kier alpha value is -2.80. The number of likely N-dealkylation sites (tertiary alicyclic amines) is 1. The van der Waals surface area contributed by atoms with Crippen LogP contribution < -0.4 is 5.32 Å². The van der Waals surface area contributed by atoms with Crippen molar-refractivity contribution in [2.45, 2.75) is 18.9 Å². The van der Waals surface area contributed by atoms with Crippen LogP contribution in [0.15, 0.2) is 60.7 Å². The Morgan fingerprint density at radius 1 is 1.08 bits per heavy atom. The minimum atomic E-state index is -0.311. The molecule has 3 rings (SSSR count). The molecule has 2 aromatic rings. The van der Waals surface area contributed by atoms with Crippen molar-refractivity contribution in [1.82, 2.24) is 4.90 Å². The molecule has 1 fully saturated rings. The van der Waals surface area contributed by atoms with E-state index in [4.69, 9.17) is 0 Å². The number of anilines is 1. The Balaban J connectivity index is 1.84. The average Bonchev–Trinajstić information content (AvgIpc) is 3.04. The highest BCUT2D eigenvalue weighted by molar-refractivity contribution is 5.78. The first-order chi connectivity index (χ1) is 11.8. The van der Waals surface area contributed by atoms with Crippen LogP contribution in [0.2, 0.25) is 0 Å². The van der Waals surface area contributed by atoms with Gasteiger partial charge in [-0.3, -0.25) is 4.79 Å². The highest BCUT2D eigenvalue weighted by Gasteiger charge is 2.29. The number of carbonyl (C=O) groups excluding carboxylic acids is 1. The monoisotopic (exact) mass is 319 g/mol. The molecule has 1 aliphatic rings. The van der Waals surface area contributed by atoms with E-state index in [1.165, 1.54) is 0 Å². The summed E-state index contributed by atoms with van der Waals surface area (Å²) in [7, 11) is 0. The highest BCUT2D eigenvalue weighted by atomic mass is 16.2. The van der Waals surface area contributed by atoms with Crippen molar-refractivity contribution < 1.29 is 4.79 Å². The predicted octanol–water partition coefficient (Wildman–Crippen LogP) is 3.60. The van der Waals surface area contributed by atoms with Gasteiger partial charge in [-0.25, -0.2) is 0 Å². The fourth-order valence-corrected chi connectivity index (χ4v) is 3.15. The third-order valence-corrected chi connectivity index (χ3v) is 4.41. The van der Waals surface area contributed by atoms with Crippen LogP contribution in [0.1, 0.15) is 24.4 Å². The molecule has 1 heterocycles. The van der Waals surface area contributed by atoms with E-state index >= 15 is 0 Å². The molecule has 2 atom stereocenters. The molecule has 1 aliphatic heterocycles. The smallest absolute Gasteiger partial charge is 0.222 e. The molecule has 0 saturated carbocycles. The van der Waals surface area contributed by atoms with Crippen LogP contribution >= 0.6 is 0 Å². The van der Waals surface area contributed by atoms with E-state index in [1.54, 1.807) is 0 Å². The van der Waals surface area contributed by atoms with Crippen molar-refractivity contribution in [3.63, 3.8) is 0 Å². The molecule has 2 unspecified atom stereocenters. The minimum absolute atomic E-state index is 0.154. The number of amides is 1. The summed E-state index contributed by atoms with van der Waals surface area (Å²) in [5, 5.41) is 13.2. The number of nitrogens with one attached hydrogen (secondary N) is 1. The maximum atomic E-state index is 11.9. The molecule has 122 valence electrons. The van der Waals surface area contributed by atoms with E-state index in [-0.39, 0.29) is 17.9 Å². The number of benzene rings is 2. The van der Waals surface area contributed by atoms with Crippen LogP contribution in [-0.4, -0.2) is 23.9 Å². The van der Waals surface area contributed by atoms with Gasteiger partial charge in [-0.1, -0.05) is 48.5 Å². The number of hydrogen-bond acceptors (Lipinski definition) is 3. The first kappa shape index (κ1) is 16.1. The molecule has 4 heteroatoms. The fraction of sp³-hybridized carbons (Fsp3) is 0.300. The van der Waals surface area contributed by atoms with Gasteiger partial charge in [0.25, 0.3) is 0 Å². The number of rotatable bonds is 6. The normalized spacial score (nSPS) is 16.5. The van der Waals surface area contributed by atoms with Gasteiger partial charge < -0.3 is 10.2 Å². The second-order valence-corrected chi connectivity index (χ2v) is 6.08. The summed E-state index contributed by atoms with van der Waals surface area (Å²) in [6.45, 7) is 1.22. The van der Waals surface area contributed by atoms with Gasteiger partial charge in [0, 0.05) is 25.2 Å². The van der Waals surface area contributed by atoms with Crippen molar-refractivity contribution in [2.75, 3.05) is 18.4 Å². The van der Waals surface area contributed by atoms with Crippen LogP contribution in [0.4, 0.5) is 5.69 Å². The molecule has 24 heavy (non-hydrogen) atoms. The molecular formula is C20H21N3O. The Labute approximate surface area is 142 Å². The summed E-state index contributed by atoms with van der Waals surface area (Å²) < 4.78 is 0. The van der Waals surface area contributed by atoms with E-state index in [1.807, 2.05) is 65.6 Å². The second kappa shape index (κ2) is 7.65. The quantitative estimate of drug-likeness (QED) is 0.885. The van der Waals surface area contributed by atoms with E-state index < -0.39 is 0 Å². The first-order valence-electron chi connectivity index (χ1n) is 8.32. The number of carbonyl (C=O) groups is 1. The summed E-state index contributed by atoms with van der Waals surface area (Å²) in [6, 6.07) is 22.1. The SMILES string of the molecule is N#CC(CN1CCCC1=O)C(Nc1ccccc1)c1ccccc1. The van der Waals surface area contributed by atoms with E-state index in [9.17, 15) is 10.1 Å². The zero-order chi connectivity index (χ0) is 16.8. The van der Waals surface area contributed by atoms with Crippen LogP contribution in [0.3, 0.4) is 0 Å². The lowest BCUT2D eigenvalue weighted by Crippen LogP contribution is -2.34. The number of hydrogen-bond donors (Lipinski definition) is 1. The lowest BCUT2D eigenvalue weighted by Gasteiger charge is -2.28. The standard InChI is InChI=1S/C20H21N3O/c21-14-17(15-23-13-7-12-19(23)24)20(16-8-3-1-4-9-16)22-18-10-5-2-6-11-18/h1-6,8-11,17,20,22H,7,12-13,15H2. The number of nitrogens with zero attached hydrogens (tertiary/aromatic N) is 2. The van der Waals surface area contributed by atoms with E-state index in [0.717, 1.165) is 24.2 Å². The van der Waals surface area contributed by atoms with E-state index in [0.29, 0.717) is 13.0 Å². The van der Waals surface area contributed by atoms with Gasteiger partial charge in [-0.2, -0.15) is 5.26 Å². The Morgan fingerprint density at radius 2 is 1.75 bits per heavy atom. The third-order valence-electron chi connectivity index (χ3n) is 4.41. The summed E-state index contributed by atoms with van der Waals surface area (Å²) in [6.07, 6.45) is 1.49. The summed E-state index contributed by atoms with van der Waals surface area (Å²) in [5.41, 5.74) is 2.03. The van der Waals surface area contributed by atoms with Gasteiger partial charge in [0.1, 0.15) is 0 Å². The molecule has 4 nitrogen and oxygen atoms in total. The van der Waals surface area contributed by atoms with Gasteiger partial charge in [0.05, 0.1) is 18.0 Å². The highest BCUT2D eigenvalue weighted by Crippen LogP contribution is 2.28. The van der Waals surface area contributed by atoms with Crippen molar-refractivity contribution in [3.05, 3.63) is 66.2 Å². The Morgan fingerprint density at radius 3 is 2.33 bits per heavy atom. The van der Waals surface area contributed by atoms with Gasteiger partial charge in [0.15, 0.2) is 0 Å². The van der Waals surface area contributed by atoms with Gasteiger partial charge in [-0.05, 0) is 24.1 Å². The Bertz CT molecular complexity index is 709. The first-order valence-corrected chi connectivity index (χ1v) is 8.32. The lowest BCUT2D eigenvalue weighted by molar-refractivity contribution is -0.128. The lowest BCUT2D eigenvalue weighted by atomic mass is 9.93. The van der Waals surface area contributed by atoms with Crippen LogP contribution in [-0.2, 0) is 4.79 Å². The van der Waals surface area contributed by atoms with Gasteiger partial charge in [0.2, 0.25) is 5.91 Å². The topological polar surface area (TPSA) is 56.1 Å². The molecule has 1 N–H and O–H groups in total. The zero-order valence-electron chi connectivity index (χ0n) is 13.6. The molecule has 0 radical (unpaired) electrons. The molecule has 0 spiro atoms. The molecule has 0 bridgehead atoms. The van der Waals surface area contributed by atoms with Crippen molar-refractivity contribution in [2.24, 2.45) is 5.92 Å². The van der Waals surface area contributed by atoms with Crippen LogP contribution in [0.5, 0.6) is 0 Å². The number of nitriles is 1. The minimum Gasteiger partial charge on any atom is -0.377 e. The van der Waals surface area contributed by atoms with Crippen molar-refractivity contribution in [3.8, 4) is 6.07 Å². The van der Waals surface area contributed by atoms with Crippen molar-refractivity contribution >= 4 is 11.6 Å². The summed E-state index contributed by atoms with van der Waals surface area (Å²) in [5.74, 6) is -0.156. The molecular weight excluding hydrogens is 298 g/mol. The molecule has 0 aliphatic carbocycles. The third kappa shape index (κ3) is 3.75. The largest absolute Gasteiger partial charge is 0.377 e. The average molecular weight is 319 g/mol. The molecule has 1 amide bonds. The summed E-state index contributed by atoms with van der Waals surface area (Å²) >= 11 is 0. The molecule has 1 saturated heterocycles. The maximum Gasteiger partial charge on any atom is 0.222 e. The zero-order valence-corrected chi connectivity index (χ0v) is 13.6. The van der Waals surface area contributed by atoms with Gasteiger partial charge in [-0.15, -0.1) is 0 Å². The Kier molecular flexibility index (Phi) is 5.12. The van der Waals surface area contributed by atoms with Crippen molar-refractivity contribution in [1.29, 1.82) is 5.26 Å². The van der Waals surface area contributed by atoms with E-state index in [2.05, 4.69) is 11.4 Å². The van der Waals surface area contributed by atoms with Crippen LogP contribution in [0, 0.1) is 17.2 Å². The summed E-state index contributed by atoms with van der Waals surface area (Å²) in [4.78, 5) is 13.8. The molecule has 0 aromatic heterocycles.